The largest absolute Gasteiger partial charge is 0 e. The predicted molar refractivity (Wildman–Crippen MR) is 119 cm³/mol. The summed E-state index contributed by atoms with van der Waals surface area (Å²) in [5, 5.41) is 2.43. The Kier molecular flexibility index (Phi) is 14.1. The number of Topliss-reactive ketones (excluding diaryl/α,β-unsaturated/α-hetero) is 1. The minimum Gasteiger partial charge on any atom is 0 e. The van der Waals surface area contributed by atoms with E-state index < -0.39 is 16.1 Å². The number of allylic oxidation sites excluding steroid dienone is 2. The van der Waals surface area contributed by atoms with E-state index in [4.69, 9.17) is 14.0 Å². The number of benzene rings is 1. The molecule has 1 aliphatic heterocycles. The van der Waals surface area contributed by atoms with Gasteiger partial charge in [0, 0.05) is 36.7 Å². The number of hydrogen-bond acceptors (Lipinski definition) is 2. The maximum absolute atomic E-state index is 13.2. The van der Waals surface area contributed by atoms with Crippen molar-refractivity contribution in [2.45, 2.75) is 45.8 Å². The van der Waals surface area contributed by atoms with Crippen LogP contribution >= 0.6 is 0 Å². The summed E-state index contributed by atoms with van der Waals surface area (Å²) in [4.78, 5) is 15.7. The van der Waals surface area contributed by atoms with Gasteiger partial charge >= 0.3 is 33.9 Å². The van der Waals surface area contributed by atoms with Gasteiger partial charge in [0.2, 0.25) is 0 Å². The first-order valence-electron chi connectivity index (χ1n) is 9.49. The summed E-state index contributed by atoms with van der Waals surface area (Å²) in [6.45, 7) is 30.3. The van der Waals surface area contributed by atoms with Gasteiger partial charge < -0.3 is 0 Å². The molecule has 8 heteroatoms. The van der Waals surface area contributed by atoms with Gasteiger partial charge in [-0.05, 0) is 27.1 Å². The zero-order valence-electron chi connectivity index (χ0n) is 18.9. The van der Waals surface area contributed by atoms with Crippen molar-refractivity contribution in [1.82, 2.24) is 4.90 Å². The summed E-state index contributed by atoms with van der Waals surface area (Å²) in [6.07, 6.45) is 0. The summed E-state index contributed by atoms with van der Waals surface area (Å²) >= 11 is 0. The Hall–Kier alpha value is -1.50. The van der Waals surface area contributed by atoms with Gasteiger partial charge in [-0.15, -0.1) is 0 Å². The van der Waals surface area contributed by atoms with Crippen molar-refractivity contribution >= 4 is 21.9 Å². The van der Waals surface area contributed by atoms with Crippen LogP contribution in [0.15, 0.2) is 51.9 Å². The van der Waals surface area contributed by atoms with Crippen LogP contribution in [-0.2, 0) is 42.4 Å². The summed E-state index contributed by atoms with van der Waals surface area (Å²) in [7, 11) is -3.26. The average molecular weight is 496 g/mol. The van der Waals surface area contributed by atoms with Gasteiger partial charge in [-0.25, -0.2) is 0 Å². The van der Waals surface area contributed by atoms with Gasteiger partial charge in [0.25, 0.3) is 0 Å². The second-order valence-corrected chi connectivity index (χ2v) is 19.2. The van der Waals surface area contributed by atoms with Crippen LogP contribution in [0.1, 0.15) is 5.56 Å². The Bertz CT molecular complexity index is 817. The molecule has 0 amide bonds. The molecule has 0 spiro atoms. The number of rotatable bonds is 4. The van der Waals surface area contributed by atoms with Crippen molar-refractivity contribution in [2.75, 3.05) is 13.1 Å². The fraction of sp³-hybridized carbons (Fsp3) is 0.391. The predicted octanol–water partition coefficient (Wildman–Crippen LogP) is 4.32. The molecule has 1 heterocycles. The van der Waals surface area contributed by atoms with Crippen molar-refractivity contribution in [1.29, 1.82) is 0 Å². The molecule has 166 valence electrons. The minimum atomic E-state index is -1.63. The van der Waals surface area contributed by atoms with Gasteiger partial charge in [-0.1, -0.05) is 69.6 Å². The molecule has 0 saturated carbocycles. The quantitative estimate of drug-likeness (QED) is 0.354. The monoisotopic (exact) mass is 495 g/mol. The topological polar surface area (TPSA) is 80.0 Å². The van der Waals surface area contributed by atoms with E-state index in [1.165, 1.54) is 27.1 Å². The minimum absolute atomic E-state index is 0. The van der Waals surface area contributed by atoms with E-state index in [-0.39, 0.29) is 17.1 Å². The molecule has 1 aliphatic carbocycles. The van der Waals surface area contributed by atoms with Crippen molar-refractivity contribution in [2.24, 2.45) is 0 Å². The molecule has 1 aromatic carbocycles. The molecule has 1 fully saturated rings. The number of carbonyl (C=O) groups is 1. The number of hydrogen-bond donors (Lipinski definition) is 0. The van der Waals surface area contributed by atoms with Gasteiger partial charge in [0.05, 0.1) is 16.1 Å². The first kappa shape index (κ1) is 31.7. The van der Waals surface area contributed by atoms with Crippen molar-refractivity contribution in [3.05, 3.63) is 77.4 Å². The zero-order valence-corrected chi connectivity index (χ0v) is 22.0. The summed E-state index contributed by atoms with van der Waals surface area (Å²) in [6, 6.07) is 10.7. The SMILES string of the molecule is C[Si](C)(C)C1=C2CN(Cc3ccccc3)CC2=C([Si](C)(C)C)C1=O.[C-]#[O+].[C-]#[O+].[C-]#[O+].[Fe]. The van der Waals surface area contributed by atoms with Crippen LogP contribution in [0.5, 0.6) is 0 Å². The summed E-state index contributed by atoms with van der Waals surface area (Å²) < 4.78 is 22.5. The molecule has 3 rings (SSSR count). The third kappa shape index (κ3) is 7.85. The van der Waals surface area contributed by atoms with Crippen LogP contribution in [0.4, 0.5) is 0 Å². The van der Waals surface area contributed by atoms with Gasteiger partial charge in [-0.3, -0.25) is 9.69 Å². The van der Waals surface area contributed by atoms with Crippen LogP contribution in [-0.4, -0.2) is 39.9 Å². The van der Waals surface area contributed by atoms with E-state index in [9.17, 15) is 4.79 Å². The molecule has 0 bridgehead atoms. The van der Waals surface area contributed by atoms with Crippen LogP contribution in [0.2, 0.25) is 39.3 Å². The van der Waals surface area contributed by atoms with Crippen molar-refractivity contribution in [3.63, 3.8) is 0 Å². The average Bonchev–Trinajstić information content (AvgIpc) is 3.20. The van der Waals surface area contributed by atoms with E-state index in [2.05, 4.69) is 94.5 Å². The normalized spacial score (nSPS) is 15.3. The first-order chi connectivity index (χ1) is 14.1. The summed E-state index contributed by atoms with van der Waals surface area (Å²) in [5.41, 5.74) is 4.15. The number of fused-ring (bicyclic) bond motifs is 1. The number of ketones is 1. The molecule has 31 heavy (non-hydrogen) atoms. The van der Waals surface area contributed by atoms with Crippen molar-refractivity contribution in [3.8, 4) is 0 Å². The second kappa shape index (κ2) is 13.8. The molecule has 0 atom stereocenters. The van der Waals surface area contributed by atoms with Gasteiger partial charge in [0.1, 0.15) is 0 Å². The Morgan fingerprint density at radius 2 is 1.13 bits per heavy atom. The molecule has 0 N–H and O–H groups in total. The molecule has 2 aliphatic rings. The maximum atomic E-state index is 13.2. The van der Waals surface area contributed by atoms with Crippen molar-refractivity contribution < 1.29 is 35.8 Å². The number of carbonyl (C=O) groups excluding carboxylic acids is 1. The smallest absolute Gasteiger partial charge is 0 e. The number of nitrogens with zero attached hydrogens (tertiary/aromatic N) is 1. The van der Waals surface area contributed by atoms with E-state index >= 15 is 0 Å². The van der Waals surface area contributed by atoms with Crippen LogP contribution < -0.4 is 0 Å². The standard InChI is InChI=1S/C20H29NOSi2.3CO.Fe/c1-23(2,3)19-16-13-21(12-15-10-8-7-9-11-15)14-17(16)20(18(19)22)24(4,5)6;3*1-2;/h7-11H,12-14H2,1-6H3;;;;. The van der Waals surface area contributed by atoms with Gasteiger partial charge in [0.15, 0.2) is 5.78 Å². The molecule has 0 radical (unpaired) electrons. The van der Waals surface area contributed by atoms with Crippen LogP contribution in [0.3, 0.4) is 0 Å². The molecular weight excluding hydrogens is 466 g/mol. The summed E-state index contributed by atoms with van der Waals surface area (Å²) in [5.74, 6) is 0.415. The maximum Gasteiger partial charge on any atom is 0 e. The molecule has 5 nitrogen and oxygen atoms in total. The molecule has 0 unspecified atom stereocenters. The first-order valence-corrected chi connectivity index (χ1v) is 16.5. The Morgan fingerprint density at radius 1 is 0.774 bits per heavy atom. The van der Waals surface area contributed by atoms with Crippen LogP contribution in [0.25, 0.3) is 0 Å². The molecule has 1 aromatic rings. The zero-order chi connectivity index (χ0) is 23.7. The van der Waals surface area contributed by atoms with E-state index in [0.717, 1.165) is 19.6 Å². The Morgan fingerprint density at radius 3 is 1.45 bits per heavy atom. The van der Waals surface area contributed by atoms with E-state index in [1.54, 1.807) is 0 Å². The van der Waals surface area contributed by atoms with E-state index in [1.807, 2.05) is 0 Å². The third-order valence-corrected chi connectivity index (χ3v) is 8.99. The molecule has 1 saturated heterocycles. The third-order valence-electron chi connectivity index (χ3n) is 4.93. The fourth-order valence-corrected chi connectivity index (χ4v) is 8.10. The molecular formula is C23H29FeNO4Si2. The number of likely N-dealkylation sites (tertiary alicyclic amines) is 1. The Labute approximate surface area is 198 Å². The second-order valence-electron chi connectivity index (χ2n) is 9.17. The van der Waals surface area contributed by atoms with E-state index in [0.29, 0.717) is 5.78 Å². The van der Waals surface area contributed by atoms with Crippen LogP contribution in [0, 0.1) is 20.0 Å². The fourth-order valence-electron chi connectivity index (χ4n) is 4.09. The Balaban J connectivity index is 0. The molecule has 0 aromatic heterocycles. The van der Waals surface area contributed by atoms with Gasteiger partial charge in [-0.2, -0.15) is 0 Å².